The SMILES string of the molecule is COC(=O)C1(NC(=O)c2cn(-c3ccc(C)cc3)nn2)CCCCC1. The molecule has 132 valence electrons. The summed E-state index contributed by atoms with van der Waals surface area (Å²) in [5.41, 5.74) is 1.17. The Morgan fingerprint density at radius 3 is 2.48 bits per heavy atom. The fourth-order valence-corrected chi connectivity index (χ4v) is 3.20. The van der Waals surface area contributed by atoms with Crippen LogP contribution < -0.4 is 5.32 Å². The van der Waals surface area contributed by atoms with Gasteiger partial charge in [-0.25, -0.2) is 9.48 Å². The second-order valence-corrected chi connectivity index (χ2v) is 6.47. The van der Waals surface area contributed by atoms with Crippen LogP contribution in [0.25, 0.3) is 5.69 Å². The molecule has 1 heterocycles. The number of esters is 1. The molecule has 1 N–H and O–H groups in total. The third-order valence-corrected chi connectivity index (χ3v) is 4.66. The summed E-state index contributed by atoms with van der Waals surface area (Å²) in [6.45, 7) is 2.00. The monoisotopic (exact) mass is 342 g/mol. The number of hydrogen-bond donors (Lipinski definition) is 1. The van der Waals surface area contributed by atoms with Crippen LogP contribution in [0.3, 0.4) is 0 Å². The number of methoxy groups -OCH3 is 1. The summed E-state index contributed by atoms with van der Waals surface area (Å²) in [4.78, 5) is 24.8. The molecular weight excluding hydrogens is 320 g/mol. The van der Waals surface area contributed by atoms with E-state index >= 15 is 0 Å². The molecule has 1 amide bonds. The molecule has 0 atom stereocenters. The number of rotatable bonds is 4. The zero-order valence-electron chi connectivity index (χ0n) is 14.5. The van der Waals surface area contributed by atoms with E-state index < -0.39 is 17.4 Å². The molecule has 1 fully saturated rings. The molecule has 1 aromatic carbocycles. The van der Waals surface area contributed by atoms with Crippen molar-refractivity contribution in [3.63, 3.8) is 0 Å². The highest BCUT2D eigenvalue weighted by Gasteiger charge is 2.42. The summed E-state index contributed by atoms with van der Waals surface area (Å²) in [5, 5.41) is 10.8. The summed E-state index contributed by atoms with van der Waals surface area (Å²) in [6, 6.07) is 7.74. The number of carbonyl (C=O) groups is 2. The zero-order valence-corrected chi connectivity index (χ0v) is 14.5. The van der Waals surface area contributed by atoms with Crippen LogP contribution in [0.1, 0.15) is 48.2 Å². The van der Waals surface area contributed by atoms with Gasteiger partial charge in [-0.15, -0.1) is 5.10 Å². The van der Waals surface area contributed by atoms with Crippen LogP contribution in [0.2, 0.25) is 0 Å². The van der Waals surface area contributed by atoms with Crippen molar-refractivity contribution in [2.75, 3.05) is 7.11 Å². The Morgan fingerprint density at radius 1 is 1.16 bits per heavy atom. The molecule has 2 aromatic rings. The van der Waals surface area contributed by atoms with Gasteiger partial charge in [-0.05, 0) is 31.9 Å². The normalized spacial score (nSPS) is 16.2. The molecule has 0 saturated heterocycles. The quantitative estimate of drug-likeness (QED) is 0.861. The fourth-order valence-electron chi connectivity index (χ4n) is 3.20. The van der Waals surface area contributed by atoms with E-state index in [-0.39, 0.29) is 5.69 Å². The van der Waals surface area contributed by atoms with Crippen molar-refractivity contribution in [2.45, 2.75) is 44.6 Å². The number of carbonyl (C=O) groups excluding carboxylic acids is 2. The minimum absolute atomic E-state index is 0.175. The highest BCUT2D eigenvalue weighted by Crippen LogP contribution is 2.29. The number of benzene rings is 1. The first kappa shape index (κ1) is 17.1. The Balaban J connectivity index is 1.78. The molecule has 0 bridgehead atoms. The Hall–Kier alpha value is -2.70. The van der Waals surface area contributed by atoms with E-state index in [1.54, 1.807) is 10.9 Å². The number of ether oxygens (including phenoxy) is 1. The lowest BCUT2D eigenvalue weighted by Gasteiger charge is -2.34. The van der Waals surface area contributed by atoms with Crippen LogP contribution >= 0.6 is 0 Å². The minimum atomic E-state index is -0.961. The van der Waals surface area contributed by atoms with Crippen molar-refractivity contribution in [3.05, 3.63) is 41.7 Å². The highest BCUT2D eigenvalue weighted by atomic mass is 16.5. The smallest absolute Gasteiger partial charge is 0.331 e. The molecule has 0 radical (unpaired) electrons. The second kappa shape index (κ2) is 7.04. The Labute approximate surface area is 146 Å². The topological polar surface area (TPSA) is 86.1 Å². The fraction of sp³-hybridized carbons (Fsp3) is 0.444. The lowest BCUT2D eigenvalue weighted by molar-refractivity contribution is -0.149. The largest absolute Gasteiger partial charge is 0.467 e. The van der Waals surface area contributed by atoms with Gasteiger partial charge in [-0.1, -0.05) is 42.2 Å². The first-order chi connectivity index (χ1) is 12.0. The second-order valence-electron chi connectivity index (χ2n) is 6.47. The summed E-state index contributed by atoms with van der Waals surface area (Å²) in [7, 11) is 1.35. The number of amides is 1. The summed E-state index contributed by atoms with van der Waals surface area (Å²) >= 11 is 0. The molecule has 0 aliphatic heterocycles. The van der Waals surface area contributed by atoms with Gasteiger partial charge in [0.25, 0.3) is 5.91 Å². The summed E-state index contributed by atoms with van der Waals surface area (Å²) in [5.74, 6) is -0.808. The Bertz CT molecular complexity index is 761. The zero-order chi connectivity index (χ0) is 17.9. The summed E-state index contributed by atoms with van der Waals surface area (Å²) < 4.78 is 6.46. The van der Waals surface area contributed by atoms with Gasteiger partial charge in [0, 0.05) is 0 Å². The predicted molar refractivity (Wildman–Crippen MR) is 91.4 cm³/mol. The van der Waals surface area contributed by atoms with E-state index in [9.17, 15) is 9.59 Å². The average Bonchev–Trinajstić information content (AvgIpc) is 3.12. The third kappa shape index (κ3) is 3.55. The number of nitrogens with zero attached hydrogens (tertiary/aromatic N) is 3. The van der Waals surface area contributed by atoms with Gasteiger partial charge < -0.3 is 10.1 Å². The van der Waals surface area contributed by atoms with Crippen molar-refractivity contribution >= 4 is 11.9 Å². The van der Waals surface area contributed by atoms with Crippen molar-refractivity contribution in [1.29, 1.82) is 0 Å². The van der Waals surface area contributed by atoms with E-state index in [0.29, 0.717) is 12.8 Å². The Morgan fingerprint density at radius 2 is 1.84 bits per heavy atom. The molecule has 7 nitrogen and oxygen atoms in total. The number of hydrogen-bond acceptors (Lipinski definition) is 5. The van der Waals surface area contributed by atoms with Gasteiger partial charge in [0.05, 0.1) is 19.0 Å². The van der Waals surface area contributed by atoms with E-state index in [4.69, 9.17) is 4.74 Å². The number of aryl methyl sites for hydroxylation is 1. The first-order valence-corrected chi connectivity index (χ1v) is 8.44. The molecule has 1 saturated carbocycles. The van der Waals surface area contributed by atoms with Gasteiger partial charge in [-0.3, -0.25) is 4.79 Å². The maximum absolute atomic E-state index is 12.6. The van der Waals surface area contributed by atoms with Crippen LogP contribution in [-0.4, -0.2) is 39.5 Å². The average molecular weight is 342 g/mol. The van der Waals surface area contributed by atoms with Crippen molar-refractivity contribution in [3.8, 4) is 5.69 Å². The first-order valence-electron chi connectivity index (χ1n) is 8.44. The van der Waals surface area contributed by atoms with Gasteiger partial charge in [-0.2, -0.15) is 0 Å². The standard InChI is InChI=1S/C18H22N4O3/c1-13-6-8-14(9-7-13)22-12-15(20-21-22)16(23)19-18(17(24)25-2)10-4-3-5-11-18/h6-9,12H,3-5,10-11H2,1-2H3,(H,19,23). The van der Waals surface area contributed by atoms with Crippen molar-refractivity contribution in [2.24, 2.45) is 0 Å². The molecule has 7 heteroatoms. The highest BCUT2D eigenvalue weighted by molar-refractivity contribution is 5.96. The Kier molecular flexibility index (Phi) is 4.83. The number of aromatic nitrogens is 3. The molecule has 1 aliphatic rings. The molecule has 0 unspecified atom stereocenters. The van der Waals surface area contributed by atoms with Crippen molar-refractivity contribution in [1.82, 2.24) is 20.3 Å². The van der Waals surface area contributed by atoms with E-state index in [1.165, 1.54) is 7.11 Å². The molecule has 1 aromatic heterocycles. The molecule has 3 rings (SSSR count). The lowest BCUT2D eigenvalue weighted by atomic mass is 9.81. The van der Waals surface area contributed by atoms with Gasteiger partial charge in [0.2, 0.25) is 0 Å². The van der Waals surface area contributed by atoms with E-state index in [0.717, 1.165) is 30.5 Å². The van der Waals surface area contributed by atoms with Crippen LogP contribution in [0.15, 0.2) is 30.5 Å². The van der Waals surface area contributed by atoms with Gasteiger partial charge in [0.15, 0.2) is 5.69 Å². The maximum Gasteiger partial charge on any atom is 0.331 e. The predicted octanol–water partition coefficient (Wildman–Crippen LogP) is 2.18. The van der Waals surface area contributed by atoms with Crippen LogP contribution in [0, 0.1) is 6.92 Å². The van der Waals surface area contributed by atoms with Crippen LogP contribution in [-0.2, 0) is 9.53 Å². The summed E-state index contributed by atoms with van der Waals surface area (Å²) in [6.07, 6.45) is 5.54. The maximum atomic E-state index is 12.6. The number of nitrogens with one attached hydrogen (secondary N) is 1. The van der Waals surface area contributed by atoms with Crippen molar-refractivity contribution < 1.29 is 14.3 Å². The molecular formula is C18H22N4O3. The van der Waals surface area contributed by atoms with E-state index in [1.807, 2.05) is 31.2 Å². The van der Waals surface area contributed by atoms with Crippen LogP contribution in [0.4, 0.5) is 0 Å². The van der Waals surface area contributed by atoms with Gasteiger partial charge >= 0.3 is 5.97 Å². The molecule has 0 spiro atoms. The third-order valence-electron chi connectivity index (χ3n) is 4.66. The molecule has 1 aliphatic carbocycles. The lowest BCUT2D eigenvalue weighted by Crippen LogP contribution is -2.56. The molecule has 25 heavy (non-hydrogen) atoms. The minimum Gasteiger partial charge on any atom is -0.467 e. The van der Waals surface area contributed by atoms with E-state index in [2.05, 4.69) is 15.6 Å². The van der Waals surface area contributed by atoms with Gasteiger partial charge in [0.1, 0.15) is 5.54 Å². The van der Waals surface area contributed by atoms with Crippen LogP contribution in [0.5, 0.6) is 0 Å².